The van der Waals surface area contributed by atoms with E-state index in [1.807, 2.05) is 6.07 Å². The molecule has 21 heavy (non-hydrogen) atoms. The van der Waals surface area contributed by atoms with E-state index in [-0.39, 0.29) is 21.5 Å². The third kappa shape index (κ3) is 2.79. The van der Waals surface area contributed by atoms with Crippen molar-refractivity contribution >= 4 is 21.6 Å². The van der Waals surface area contributed by atoms with Gasteiger partial charge in [0.2, 0.25) is 10.0 Å². The average Bonchev–Trinajstić information content (AvgIpc) is 3.03. The summed E-state index contributed by atoms with van der Waals surface area (Å²) in [6, 6.07) is 6.40. The average molecular weight is 326 g/mol. The van der Waals surface area contributed by atoms with E-state index >= 15 is 0 Å². The molecule has 0 spiro atoms. The van der Waals surface area contributed by atoms with Crippen molar-refractivity contribution in [3.05, 3.63) is 28.8 Å². The first kappa shape index (κ1) is 14.8. The van der Waals surface area contributed by atoms with Gasteiger partial charge in [0.25, 0.3) is 0 Å². The lowest BCUT2D eigenvalue weighted by molar-refractivity contribution is 0.309. The maximum absolute atomic E-state index is 12.5. The second kappa shape index (κ2) is 5.58. The number of hydrogen-bond donors (Lipinski definition) is 1. The molecular formula is C14H16ClN3O2S. The normalized spacial score (nSPS) is 25.7. The standard InChI is InChI=1S/C14H16ClN3O2S/c15-12-8-11(4-3-10(12)9-16)21(19,20)17-13-5-7-18-6-1-2-14(13)18/h3-4,8,13-14,17H,1-2,5-7H2. The quantitative estimate of drug-likeness (QED) is 0.918. The fourth-order valence-electron chi connectivity index (χ4n) is 3.24. The van der Waals surface area contributed by atoms with Crippen LogP contribution in [0.5, 0.6) is 0 Å². The smallest absolute Gasteiger partial charge is 0.240 e. The molecule has 2 atom stereocenters. The molecule has 2 unspecified atom stereocenters. The topological polar surface area (TPSA) is 73.2 Å². The highest BCUT2D eigenvalue weighted by molar-refractivity contribution is 7.89. The van der Waals surface area contributed by atoms with Crippen LogP contribution in [0.1, 0.15) is 24.8 Å². The lowest BCUT2D eigenvalue weighted by Gasteiger charge is -2.21. The Kier molecular flexibility index (Phi) is 3.93. The molecule has 1 N–H and O–H groups in total. The molecule has 1 aromatic carbocycles. The summed E-state index contributed by atoms with van der Waals surface area (Å²) < 4.78 is 27.7. The maximum Gasteiger partial charge on any atom is 0.240 e. The van der Waals surface area contributed by atoms with E-state index in [9.17, 15) is 8.42 Å². The Morgan fingerprint density at radius 2 is 2.14 bits per heavy atom. The molecule has 2 aliphatic rings. The van der Waals surface area contributed by atoms with E-state index in [2.05, 4.69) is 9.62 Å². The molecule has 1 aromatic rings. The molecule has 0 aliphatic carbocycles. The molecule has 2 heterocycles. The van der Waals surface area contributed by atoms with Gasteiger partial charge in [-0.3, -0.25) is 4.90 Å². The van der Waals surface area contributed by atoms with Crippen LogP contribution in [0.25, 0.3) is 0 Å². The number of rotatable bonds is 3. The van der Waals surface area contributed by atoms with Crippen LogP contribution in [0.2, 0.25) is 5.02 Å². The lowest BCUT2D eigenvalue weighted by atomic mass is 10.1. The third-order valence-electron chi connectivity index (χ3n) is 4.28. The van der Waals surface area contributed by atoms with Gasteiger partial charge in [0, 0.05) is 18.6 Å². The van der Waals surface area contributed by atoms with E-state index in [0.29, 0.717) is 6.04 Å². The maximum atomic E-state index is 12.5. The third-order valence-corrected chi connectivity index (χ3v) is 6.08. The van der Waals surface area contributed by atoms with Gasteiger partial charge in [0.15, 0.2) is 0 Å². The monoisotopic (exact) mass is 325 g/mol. The van der Waals surface area contributed by atoms with Crippen molar-refractivity contribution in [3.63, 3.8) is 0 Å². The fourth-order valence-corrected chi connectivity index (χ4v) is 4.86. The van der Waals surface area contributed by atoms with Gasteiger partial charge in [-0.15, -0.1) is 0 Å². The van der Waals surface area contributed by atoms with Gasteiger partial charge < -0.3 is 0 Å². The van der Waals surface area contributed by atoms with Crippen LogP contribution in [0.4, 0.5) is 0 Å². The Labute approximate surface area is 129 Å². The fraction of sp³-hybridized carbons (Fsp3) is 0.500. The minimum Gasteiger partial charge on any atom is -0.299 e. The Hall–Kier alpha value is -1.13. The predicted molar refractivity (Wildman–Crippen MR) is 79.5 cm³/mol. The second-order valence-corrected chi connectivity index (χ2v) is 7.64. The van der Waals surface area contributed by atoms with E-state index in [1.165, 1.54) is 18.2 Å². The summed E-state index contributed by atoms with van der Waals surface area (Å²) in [7, 11) is -3.60. The van der Waals surface area contributed by atoms with E-state index < -0.39 is 10.0 Å². The molecule has 5 nitrogen and oxygen atoms in total. The Balaban J connectivity index is 1.81. The van der Waals surface area contributed by atoms with Gasteiger partial charge in [-0.1, -0.05) is 11.6 Å². The molecular weight excluding hydrogens is 310 g/mol. The van der Waals surface area contributed by atoms with Crippen molar-refractivity contribution < 1.29 is 8.42 Å². The molecule has 0 aromatic heterocycles. The van der Waals surface area contributed by atoms with Gasteiger partial charge in [-0.25, -0.2) is 13.1 Å². The summed E-state index contributed by atoms with van der Waals surface area (Å²) in [6.07, 6.45) is 3.01. The van der Waals surface area contributed by atoms with E-state index in [0.717, 1.165) is 32.4 Å². The van der Waals surface area contributed by atoms with Crippen molar-refractivity contribution in [3.8, 4) is 6.07 Å². The lowest BCUT2D eigenvalue weighted by Crippen LogP contribution is -2.42. The number of nitriles is 1. The van der Waals surface area contributed by atoms with Crippen molar-refractivity contribution in [1.82, 2.24) is 9.62 Å². The molecule has 2 saturated heterocycles. The minimum absolute atomic E-state index is 0.0353. The van der Waals surface area contributed by atoms with Crippen LogP contribution in [0.15, 0.2) is 23.1 Å². The largest absolute Gasteiger partial charge is 0.299 e. The number of halogens is 1. The first-order valence-electron chi connectivity index (χ1n) is 6.97. The molecule has 3 rings (SSSR count). The number of benzene rings is 1. The molecule has 112 valence electrons. The number of sulfonamides is 1. The summed E-state index contributed by atoms with van der Waals surface area (Å²) in [6.45, 7) is 2.01. The molecule has 0 amide bonds. The Bertz CT molecular complexity index is 699. The van der Waals surface area contributed by atoms with Gasteiger partial charge in [-0.2, -0.15) is 5.26 Å². The van der Waals surface area contributed by atoms with Crippen LogP contribution < -0.4 is 4.72 Å². The molecule has 0 radical (unpaired) electrons. The number of hydrogen-bond acceptors (Lipinski definition) is 4. The molecule has 0 bridgehead atoms. The zero-order valence-electron chi connectivity index (χ0n) is 11.4. The zero-order valence-corrected chi connectivity index (χ0v) is 13.0. The molecule has 2 fully saturated rings. The van der Waals surface area contributed by atoms with Gasteiger partial charge in [0.1, 0.15) is 6.07 Å². The highest BCUT2D eigenvalue weighted by Gasteiger charge is 2.39. The molecule has 0 saturated carbocycles. The minimum atomic E-state index is -3.60. The number of nitrogens with zero attached hydrogens (tertiary/aromatic N) is 2. The van der Waals surface area contributed by atoms with Crippen LogP contribution >= 0.6 is 11.6 Å². The highest BCUT2D eigenvalue weighted by atomic mass is 35.5. The summed E-state index contributed by atoms with van der Waals surface area (Å²) in [5.74, 6) is 0. The highest BCUT2D eigenvalue weighted by Crippen LogP contribution is 2.29. The predicted octanol–water partition coefficient (Wildman–Crippen LogP) is 1.73. The van der Waals surface area contributed by atoms with E-state index in [4.69, 9.17) is 16.9 Å². The van der Waals surface area contributed by atoms with E-state index in [1.54, 1.807) is 0 Å². The van der Waals surface area contributed by atoms with Crippen LogP contribution in [0, 0.1) is 11.3 Å². The van der Waals surface area contributed by atoms with Crippen LogP contribution in [-0.4, -0.2) is 38.5 Å². The Morgan fingerprint density at radius 1 is 1.33 bits per heavy atom. The van der Waals surface area contributed by atoms with Crippen molar-refractivity contribution in [2.24, 2.45) is 0 Å². The number of fused-ring (bicyclic) bond motifs is 1. The van der Waals surface area contributed by atoms with Gasteiger partial charge in [0.05, 0.1) is 15.5 Å². The first-order chi connectivity index (χ1) is 10.0. The van der Waals surface area contributed by atoms with Gasteiger partial charge >= 0.3 is 0 Å². The zero-order chi connectivity index (χ0) is 15.0. The Morgan fingerprint density at radius 3 is 2.86 bits per heavy atom. The van der Waals surface area contributed by atoms with Crippen molar-refractivity contribution in [2.75, 3.05) is 13.1 Å². The van der Waals surface area contributed by atoms with Crippen molar-refractivity contribution in [1.29, 1.82) is 5.26 Å². The summed E-state index contributed by atoms with van der Waals surface area (Å²) in [5, 5.41) is 9.00. The second-order valence-electron chi connectivity index (χ2n) is 5.52. The van der Waals surface area contributed by atoms with Crippen LogP contribution in [-0.2, 0) is 10.0 Å². The summed E-state index contributed by atoms with van der Waals surface area (Å²) in [4.78, 5) is 2.46. The van der Waals surface area contributed by atoms with Crippen LogP contribution in [0.3, 0.4) is 0 Å². The van der Waals surface area contributed by atoms with Crippen molar-refractivity contribution in [2.45, 2.75) is 36.2 Å². The number of nitrogens with one attached hydrogen (secondary N) is 1. The molecule has 7 heteroatoms. The van der Waals surface area contributed by atoms with Gasteiger partial charge in [-0.05, 0) is 44.0 Å². The summed E-state index contributed by atoms with van der Waals surface area (Å²) >= 11 is 5.92. The SMILES string of the molecule is N#Cc1ccc(S(=O)(=O)NC2CCN3CCCC23)cc1Cl. The first-order valence-corrected chi connectivity index (χ1v) is 8.83. The molecule has 2 aliphatic heterocycles. The summed E-state index contributed by atoms with van der Waals surface area (Å²) in [5.41, 5.74) is 0.276.